The molecule has 0 unspecified atom stereocenters. The second kappa shape index (κ2) is 8.28. The minimum atomic E-state index is -2.87. The van der Waals surface area contributed by atoms with E-state index in [-0.39, 0.29) is 29.9 Å². The van der Waals surface area contributed by atoms with Crippen LogP contribution in [0, 0.1) is 0 Å². The number of methoxy groups -OCH3 is 1. The fourth-order valence-corrected chi connectivity index (χ4v) is 3.81. The molecule has 26 heavy (non-hydrogen) atoms. The number of piperidine rings is 1. The number of nitrogens with zero attached hydrogens (tertiary/aromatic N) is 1. The van der Waals surface area contributed by atoms with E-state index in [4.69, 9.17) is 9.47 Å². The fraction of sp³-hybridized carbons (Fsp3) is 0.611. The molecule has 144 valence electrons. The third-order valence-electron chi connectivity index (χ3n) is 4.93. The van der Waals surface area contributed by atoms with Crippen molar-refractivity contribution in [2.24, 2.45) is 0 Å². The van der Waals surface area contributed by atoms with Gasteiger partial charge in [-0.1, -0.05) is 0 Å². The number of ether oxygens (including phenoxy) is 3. The highest BCUT2D eigenvalue weighted by Gasteiger charge is 2.47. The lowest BCUT2D eigenvalue weighted by atomic mass is 9.87. The Kier molecular flexibility index (Phi) is 6.05. The first-order valence-electron chi connectivity index (χ1n) is 8.74. The molecule has 2 atom stereocenters. The number of hydrogen-bond acceptors (Lipinski definition) is 5. The molecule has 1 N–H and O–H groups in total. The van der Waals surface area contributed by atoms with E-state index in [1.54, 1.807) is 7.11 Å². The largest absolute Gasteiger partial charge is 0.435 e. The molecule has 2 saturated heterocycles. The number of amides is 1. The molecular weight excluding hydrogens is 346 g/mol. The number of hydrogen-bond donors (Lipinski definition) is 1. The van der Waals surface area contributed by atoms with E-state index < -0.39 is 6.61 Å². The van der Waals surface area contributed by atoms with Gasteiger partial charge in [0.05, 0.1) is 12.6 Å². The second-order valence-corrected chi connectivity index (χ2v) is 6.69. The molecule has 1 aromatic carbocycles. The van der Waals surface area contributed by atoms with Crippen LogP contribution in [0.15, 0.2) is 24.3 Å². The van der Waals surface area contributed by atoms with E-state index in [2.05, 4.69) is 15.0 Å². The molecule has 2 heterocycles. The van der Waals surface area contributed by atoms with Gasteiger partial charge in [-0.05, 0) is 43.5 Å². The molecule has 1 spiro atoms. The van der Waals surface area contributed by atoms with Crippen molar-refractivity contribution in [1.82, 2.24) is 4.90 Å². The van der Waals surface area contributed by atoms with Crippen LogP contribution in [0.25, 0.3) is 0 Å². The Morgan fingerprint density at radius 3 is 2.81 bits per heavy atom. The Labute approximate surface area is 151 Å². The van der Waals surface area contributed by atoms with Gasteiger partial charge in [-0.2, -0.15) is 8.78 Å². The van der Waals surface area contributed by atoms with Gasteiger partial charge in [-0.3, -0.25) is 9.69 Å². The predicted octanol–water partition coefficient (Wildman–Crippen LogP) is 2.50. The van der Waals surface area contributed by atoms with Gasteiger partial charge in [0.25, 0.3) is 0 Å². The summed E-state index contributed by atoms with van der Waals surface area (Å²) in [7, 11) is 1.71. The molecular formula is C18H24F2N2O4. The molecule has 3 rings (SSSR count). The molecule has 2 fully saturated rings. The van der Waals surface area contributed by atoms with Gasteiger partial charge in [0, 0.05) is 32.5 Å². The zero-order valence-corrected chi connectivity index (χ0v) is 14.7. The minimum absolute atomic E-state index is 0.0555. The van der Waals surface area contributed by atoms with Gasteiger partial charge in [0.2, 0.25) is 5.91 Å². The Bertz CT molecular complexity index is 606. The number of likely N-dealkylation sites (tertiary alicyclic amines) is 1. The highest BCUT2D eigenvalue weighted by molar-refractivity contribution is 5.92. The van der Waals surface area contributed by atoms with Crippen molar-refractivity contribution in [2.45, 2.75) is 37.6 Å². The van der Waals surface area contributed by atoms with Crippen LogP contribution in [0.2, 0.25) is 0 Å². The zero-order chi connectivity index (χ0) is 18.6. The maximum Gasteiger partial charge on any atom is 0.387 e. The Morgan fingerprint density at radius 2 is 2.19 bits per heavy atom. The summed E-state index contributed by atoms with van der Waals surface area (Å²) in [5, 5.41) is 2.78. The second-order valence-electron chi connectivity index (χ2n) is 6.69. The summed E-state index contributed by atoms with van der Waals surface area (Å²) < 4.78 is 40.2. The molecule has 0 saturated carbocycles. The van der Waals surface area contributed by atoms with Crippen molar-refractivity contribution in [2.75, 3.05) is 38.7 Å². The molecule has 0 aromatic heterocycles. The van der Waals surface area contributed by atoms with E-state index in [0.717, 1.165) is 32.4 Å². The molecule has 0 radical (unpaired) electrons. The number of nitrogens with one attached hydrogen (secondary N) is 1. The first kappa shape index (κ1) is 19.0. The SMILES string of the molecule is CO[C@H]1CCN(CC(=O)Nc2ccc(OC(F)F)cc2)C[C@@]12CCCO2. The monoisotopic (exact) mass is 370 g/mol. The van der Waals surface area contributed by atoms with E-state index >= 15 is 0 Å². The minimum Gasteiger partial charge on any atom is -0.435 e. The normalized spacial score (nSPS) is 26.4. The Morgan fingerprint density at radius 1 is 1.42 bits per heavy atom. The highest BCUT2D eigenvalue weighted by Crippen LogP contribution is 2.36. The first-order chi connectivity index (χ1) is 12.5. The van der Waals surface area contributed by atoms with Crippen LogP contribution in [0.3, 0.4) is 0 Å². The lowest BCUT2D eigenvalue weighted by molar-refractivity contribution is -0.146. The van der Waals surface area contributed by atoms with Crippen molar-refractivity contribution in [3.63, 3.8) is 0 Å². The summed E-state index contributed by atoms with van der Waals surface area (Å²) in [5.74, 6) is -0.100. The average molecular weight is 370 g/mol. The third-order valence-corrected chi connectivity index (χ3v) is 4.93. The smallest absolute Gasteiger partial charge is 0.387 e. The van der Waals surface area contributed by atoms with Crippen LogP contribution in [-0.2, 0) is 14.3 Å². The van der Waals surface area contributed by atoms with E-state index in [1.807, 2.05) is 0 Å². The maximum absolute atomic E-state index is 12.3. The zero-order valence-electron chi connectivity index (χ0n) is 14.7. The lowest BCUT2D eigenvalue weighted by Crippen LogP contribution is -2.58. The highest BCUT2D eigenvalue weighted by atomic mass is 19.3. The van der Waals surface area contributed by atoms with Crippen LogP contribution in [0.1, 0.15) is 19.3 Å². The molecule has 0 aliphatic carbocycles. The summed E-state index contributed by atoms with van der Waals surface area (Å²) in [6.07, 6.45) is 2.83. The number of alkyl halides is 2. The summed E-state index contributed by atoms with van der Waals surface area (Å²) in [6, 6.07) is 5.86. The number of anilines is 1. The summed E-state index contributed by atoms with van der Waals surface area (Å²) in [5.41, 5.74) is 0.219. The van der Waals surface area contributed by atoms with Crippen LogP contribution in [-0.4, -0.2) is 62.5 Å². The predicted molar refractivity (Wildman–Crippen MR) is 91.5 cm³/mol. The van der Waals surface area contributed by atoms with Crippen molar-refractivity contribution < 1.29 is 27.8 Å². The number of benzene rings is 1. The number of carbonyl (C=O) groups excluding carboxylic acids is 1. The Hall–Kier alpha value is -1.77. The summed E-state index contributed by atoms with van der Waals surface area (Å²) in [4.78, 5) is 14.4. The lowest BCUT2D eigenvalue weighted by Gasteiger charge is -2.44. The summed E-state index contributed by atoms with van der Waals surface area (Å²) >= 11 is 0. The van der Waals surface area contributed by atoms with Crippen molar-refractivity contribution in [3.8, 4) is 5.75 Å². The number of carbonyl (C=O) groups is 1. The summed E-state index contributed by atoms with van der Waals surface area (Å²) in [6.45, 7) is -0.460. The van der Waals surface area contributed by atoms with E-state index in [0.29, 0.717) is 12.2 Å². The quantitative estimate of drug-likeness (QED) is 0.834. The standard InChI is InChI=1S/C18H24F2N2O4/c1-24-15-7-9-22(12-18(15)8-2-10-25-18)11-16(23)21-13-3-5-14(6-4-13)26-17(19)20/h3-6,15,17H,2,7-12H2,1H3,(H,21,23)/t15-,18-/m0/s1. The van der Waals surface area contributed by atoms with Gasteiger partial charge in [0.1, 0.15) is 11.4 Å². The van der Waals surface area contributed by atoms with Crippen molar-refractivity contribution in [1.29, 1.82) is 0 Å². The third kappa shape index (κ3) is 4.49. The number of rotatable bonds is 6. The van der Waals surface area contributed by atoms with Crippen LogP contribution in [0.4, 0.5) is 14.5 Å². The van der Waals surface area contributed by atoms with Gasteiger partial charge >= 0.3 is 6.61 Å². The topological polar surface area (TPSA) is 60.0 Å². The number of halogens is 2. The average Bonchev–Trinajstić information content (AvgIpc) is 3.05. The molecule has 2 aliphatic heterocycles. The van der Waals surface area contributed by atoms with Crippen LogP contribution in [0.5, 0.6) is 5.75 Å². The van der Waals surface area contributed by atoms with Crippen molar-refractivity contribution in [3.05, 3.63) is 24.3 Å². The maximum atomic E-state index is 12.3. The first-order valence-corrected chi connectivity index (χ1v) is 8.74. The van der Waals surface area contributed by atoms with Gasteiger partial charge in [0.15, 0.2) is 0 Å². The van der Waals surface area contributed by atoms with E-state index in [1.165, 1.54) is 24.3 Å². The molecule has 0 bridgehead atoms. The van der Waals surface area contributed by atoms with Crippen LogP contribution >= 0.6 is 0 Å². The molecule has 1 amide bonds. The molecule has 1 aromatic rings. The molecule has 6 nitrogen and oxygen atoms in total. The Balaban J connectivity index is 1.53. The fourth-order valence-electron chi connectivity index (χ4n) is 3.81. The van der Waals surface area contributed by atoms with Crippen LogP contribution < -0.4 is 10.1 Å². The molecule has 8 heteroatoms. The van der Waals surface area contributed by atoms with Gasteiger partial charge in [-0.25, -0.2) is 0 Å². The van der Waals surface area contributed by atoms with Crippen molar-refractivity contribution >= 4 is 11.6 Å². The van der Waals surface area contributed by atoms with E-state index in [9.17, 15) is 13.6 Å². The molecule has 2 aliphatic rings. The van der Waals surface area contributed by atoms with Gasteiger partial charge < -0.3 is 19.5 Å². The van der Waals surface area contributed by atoms with Gasteiger partial charge in [-0.15, -0.1) is 0 Å².